The standard InChI is InChI=1S/C21H25N7O/c29-10-4-9-26-13-16(11-23-26)19-15-28-20(7-8-22-28)21(25-19)17-12-24-27(14-17)18-5-2-1-3-6-18/h7-8,11-15,18,29H,1-6,9-10H2. The van der Waals surface area contributed by atoms with Crippen LogP contribution in [0.4, 0.5) is 0 Å². The van der Waals surface area contributed by atoms with Crippen LogP contribution < -0.4 is 0 Å². The number of aromatic nitrogens is 7. The number of aliphatic hydroxyl groups is 1. The van der Waals surface area contributed by atoms with Crippen LogP contribution in [0, 0.1) is 0 Å². The zero-order chi connectivity index (χ0) is 19.6. The summed E-state index contributed by atoms with van der Waals surface area (Å²) in [6, 6.07) is 2.47. The number of hydrogen-bond donors (Lipinski definition) is 1. The average molecular weight is 391 g/mol. The molecule has 0 bridgehead atoms. The zero-order valence-corrected chi connectivity index (χ0v) is 16.4. The van der Waals surface area contributed by atoms with Crippen molar-refractivity contribution in [2.45, 2.75) is 51.1 Å². The van der Waals surface area contributed by atoms with Gasteiger partial charge in [-0.05, 0) is 25.3 Å². The molecule has 0 aromatic carbocycles. The van der Waals surface area contributed by atoms with Crippen LogP contribution in [0.5, 0.6) is 0 Å². The Balaban J connectivity index is 1.51. The lowest BCUT2D eigenvalue weighted by Gasteiger charge is -2.21. The van der Waals surface area contributed by atoms with E-state index in [1.54, 1.807) is 6.20 Å². The molecule has 1 aliphatic carbocycles. The van der Waals surface area contributed by atoms with E-state index in [1.165, 1.54) is 32.1 Å². The lowest BCUT2D eigenvalue weighted by molar-refractivity contribution is 0.277. The maximum atomic E-state index is 9.03. The Kier molecular flexibility index (Phi) is 4.85. The minimum absolute atomic E-state index is 0.155. The number of rotatable bonds is 6. The predicted molar refractivity (Wildman–Crippen MR) is 109 cm³/mol. The molecule has 8 nitrogen and oxygen atoms in total. The second kappa shape index (κ2) is 7.79. The quantitative estimate of drug-likeness (QED) is 0.545. The lowest BCUT2D eigenvalue weighted by atomic mass is 9.96. The summed E-state index contributed by atoms with van der Waals surface area (Å²) in [5.41, 5.74) is 4.60. The van der Waals surface area contributed by atoms with Crippen LogP contribution in [-0.4, -0.2) is 45.9 Å². The van der Waals surface area contributed by atoms with E-state index < -0.39 is 0 Å². The normalized spacial score (nSPS) is 15.3. The predicted octanol–water partition coefficient (Wildman–Crippen LogP) is 3.34. The fraction of sp³-hybridized carbons (Fsp3) is 0.429. The largest absolute Gasteiger partial charge is 0.396 e. The third-order valence-electron chi connectivity index (χ3n) is 5.69. The van der Waals surface area contributed by atoms with Gasteiger partial charge in [0.05, 0.1) is 47.7 Å². The van der Waals surface area contributed by atoms with Crippen LogP contribution in [0.2, 0.25) is 0 Å². The Hall–Kier alpha value is -3.00. The highest BCUT2D eigenvalue weighted by Crippen LogP contribution is 2.31. The monoisotopic (exact) mass is 391 g/mol. The Labute approximate surface area is 168 Å². The van der Waals surface area contributed by atoms with Crippen molar-refractivity contribution in [3.63, 3.8) is 0 Å². The van der Waals surface area contributed by atoms with E-state index in [4.69, 9.17) is 10.1 Å². The van der Waals surface area contributed by atoms with Gasteiger partial charge in [-0.25, -0.2) is 9.50 Å². The van der Waals surface area contributed by atoms with E-state index in [2.05, 4.69) is 26.2 Å². The first-order valence-corrected chi connectivity index (χ1v) is 10.3. The molecule has 1 saturated carbocycles. The van der Waals surface area contributed by atoms with Crippen molar-refractivity contribution < 1.29 is 5.11 Å². The lowest BCUT2D eigenvalue weighted by Crippen LogP contribution is -2.12. The van der Waals surface area contributed by atoms with E-state index in [0.29, 0.717) is 19.0 Å². The van der Waals surface area contributed by atoms with E-state index in [9.17, 15) is 0 Å². The first kappa shape index (κ1) is 18.1. The van der Waals surface area contributed by atoms with Gasteiger partial charge in [-0.2, -0.15) is 15.3 Å². The third-order valence-corrected chi connectivity index (χ3v) is 5.69. The molecular weight excluding hydrogens is 366 g/mol. The number of nitrogens with zero attached hydrogens (tertiary/aromatic N) is 7. The van der Waals surface area contributed by atoms with Gasteiger partial charge in [0.15, 0.2) is 0 Å². The average Bonchev–Trinajstić information content (AvgIpc) is 3.52. The van der Waals surface area contributed by atoms with Crippen molar-refractivity contribution in [3.05, 3.63) is 43.2 Å². The van der Waals surface area contributed by atoms with Crippen molar-refractivity contribution in [2.24, 2.45) is 0 Å². The highest BCUT2D eigenvalue weighted by atomic mass is 16.3. The Morgan fingerprint density at radius 1 is 0.966 bits per heavy atom. The summed E-state index contributed by atoms with van der Waals surface area (Å²) < 4.78 is 5.81. The van der Waals surface area contributed by atoms with Crippen molar-refractivity contribution >= 4 is 5.52 Å². The number of fused-ring (bicyclic) bond motifs is 1. The van der Waals surface area contributed by atoms with Crippen LogP contribution >= 0.6 is 0 Å². The first-order valence-electron chi connectivity index (χ1n) is 10.3. The van der Waals surface area contributed by atoms with E-state index >= 15 is 0 Å². The molecule has 0 amide bonds. The van der Waals surface area contributed by atoms with Gasteiger partial charge in [-0.15, -0.1) is 0 Å². The minimum atomic E-state index is 0.155. The summed E-state index contributed by atoms with van der Waals surface area (Å²) in [5, 5.41) is 22.5. The number of aryl methyl sites for hydroxylation is 1. The van der Waals surface area contributed by atoms with Gasteiger partial charge >= 0.3 is 0 Å². The summed E-state index contributed by atoms with van der Waals surface area (Å²) in [6.07, 6.45) is 18.5. The van der Waals surface area contributed by atoms with Crippen LogP contribution in [0.3, 0.4) is 0 Å². The molecule has 0 radical (unpaired) electrons. The molecule has 1 fully saturated rings. The molecule has 0 atom stereocenters. The molecule has 0 saturated heterocycles. The fourth-order valence-electron chi connectivity index (χ4n) is 4.14. The fourth-order valence-corrected chi connectivity index (χ4v) is 4.14. The first-order chi connectivity index (χ1) is 14.3. The summed E-state index contributed by atoms with van der Waals surface area (Å²) in [4.78, 5) is 4.95. The van der Waals surface area contributed by atoms with Crippen LogP contribution in [0.1, 0.15) is 44.6 Å². The molecule has 5 rings (SSSR count). The molecule has 0 aliphatic heterocycles. The smallest absolute Gasteiger partial charge is 0.0999 e. The van der Waals surface area contributed by atoms with Gasteiger partial charge in [-0.1, -0.05) is 19.3 Å². The summed E-state index contributed by atoms with van der Waals surface area (Å²) >= 11 is 0. The van der Waals surface area contributed by atoms with Gasteiger partial charge in [0.2, 0.25) is 0 Å². The van der Waals surface area contributed by atoms with Gasteiger partial charge in [-0.3, -0.25) is 9.36 Å². The molecular formula is C21H25N7O. The van der Waals surface area contributed by atoms with Gasteiger partial charge < -0.3 is 5.11 Å². The molecule has 4 aromatic heterocycles. The number of hydrogen-bond acceptors (Lipinski definition) is 5. The van der Waals surface area contributed by atoms with Gasteiger partial charge in [0.1, 0.15) is 0 Å². The second-order valence-electron chi connectivity index (χ2n) is 7.71. The highest BCUT2D eigenvalue weighted by Gasteiger charge is 2.18. The second-order valence-corrected chi connectivity index (χ2v) is 7.71. The SMILES string of the molecule is OCCCn1cc(-c2cn3nccc3c(-c3cnn(C4CCCCC4)c3)n2)cn1. The Bertz CT molecular complexity index is 1100. The topological polar surface area (TPSA) is 86.1 Å². The van der Waals surface area contributed by atoms with Crippen molar-refractivity contribution in [3.8, 4) is 22.5 Å². The molecule has 8 heteroatoms. The van der Waals surface area contributed by atoms with Crippen LogP contribution in [0.15, 0.2) is 43.2 Å². The van der Waals surface area contributed by atoms with Gasteiger partial charge in [0.25, 0.3) is 0 Å². The highest BCUT2D eigenvalue weighted by molar-refractivity contribution is 5.78. The summed E-state index contributed by atoms with van der Waals surface area (Å²) in [5.74, 6) is 0. The van der Waals surface area contributed by atoms with Crippen LogP contribution in [-0.2, 0) is 6.54 Å². The van der Waals surface area contributed by atoms with Crippen molar-refractivity contribution in [1.29, 1.82) is 0 Å². The Morgan fingerprint density at radius 3 is 2.69 bits per heavy atom. The molecule has 0 spiro atoms. The molecule has 150 valence electrons. The molecule has 1 aliphatic rings. The molecule has 29 heavy (non-hydrogen) atoms. The molecule has 4 aromatic rings. The van der Waals surface area contributed by atoms with Crippen LogP contribution in [0.25, 0.3) is 28.0 Å². The Morgan fingerprint density at radius 2 is 1.83 bits per heavy atom. The molecule has 4 heterocycles. The maximum absolute atomic E-state index is 9.03. The van der Waals surface area contributed by atoms with Crippen molar-refractivity contribution in [1.82, 2.24) is 34.2 Å². The summed E-state index contributed by atoms with van der Waals surface area (Å²) in [6.45, 7) is 0.837. The van der Waals surface area contributed by atoms with Gasteiger partial charge in [0, 0.05) is 36.7 Å². The van der Waals surface area contributed by atoms with E-state index in [-0.39, 0.29) is 6.61 Å². The van der Waals surface area contributed by atoms with E-state index in [1.807, 2.05) is 40.1 Å². The minimum Gasteiger partial charge on any atom is -0.396 e. The van der Waals surface area contributed by atoms with E-state index in [0.717, 1.165) is 28.0 Å². The summed E-state index contributed by atoms with van der Waals surface area (Å²) in [7, 11) is 0. The molecule has 0 unspecified atom stereocenters. The third kappa shape index (κ3) is 3.55. The zero-order valence-electron chi connectivity index (χ0n) is 16.4. The maximum Gasteiger partial charge on any atom is 0.0999 e. The van der Waals surface area contributed by atoms with Crippen molar-refractivity contribution in [2.75, 3.05) is 6.61 Å². The molecule has 1 N–H and O–H groups in total. The number of aliphatic hydroxyl groups excluding tert-OH is 1.